The predicted molar refractivity (Wildman–Crippen MR) is 91.8 cm³/mol. The van der Waals surface area contributed by atoms with Crippen molar-refractivity contribution < 1.29 is 31.5 Å². The van der Waals surface area contributed by atoms with E-state index in [-0.39, 0.29) is 24.1 Å². The zero-order valence-corrected chi connectivity index (χ0v) is 16.5. The van der Waals surface area contributed by atoms with E-state index in [0.29, 0.717) is 30.3 Å². The second-order valence-corrected chi connectivity index (χ2v) is 9.58. The molecule has 7 nitrogen and oxygen atoms in total. The van der Waals surface area contributed by atoms with Crippen LogP contribution in [0.1, 0.15) is 42.8 Å². The van der Waals surface area contributed by atoms with Gasteiger partial charge in [-0.1, -0.05) is 0 Å². The van der Waals surface area contributed by atoms with Crippen LogP contribution in [0.15, 0.2) is 0 Å². The molecule has 1 aliphatic heterocycles. The summed E-state index contributed by atoms with van der Waals surface area (Å²) in [5.41, 5.74) is -1.19. The highest BCUT2D eigenvalue weighted by atomic mass is 32.2. The standard InChI is InChI=1S/C16H24F3N3O4S/c1-10-13(8-21(4)14(23)7-15(3,24)16(17,18)19)11(2)22(20-10)12-5-6-27(25,26)9-12/h12,24H,5-9H2,1-4H3/t12-,15+/m0/s1. The number of nitrogens with zero attached hydrogens (tertiary/aromatic N) is 3. The van der Waals surface area contributed by atoms with E-state index in [4.69, 9.17) is 0 Å². The average Bonchev–Trinajstić information content (AvgIpc) is 2.99. The number of rotatable bonds is 5. The summed E-state index contributed by atoms with van der Waals surface area (Å²) in [6.07, 6.45) is -5.54. The molecule has 0 radical (unpaired) electrons. The van der Waals surface area contributed by atoms with E-state index < -0.39 is 33.9 Å². The first-order valence-electron chi connectivity index (χ1n) is 8.42. The quantitative estimate of drug-likeness (QED) is 0.793. The Morgan fingerprint density at radius 2 is 1.96 bits per heavy atom. The van der Waals surface area contributed by atoms with Gasteiger partial charge in [-0.3, -0.25) is 9.48 Å². The van der Waals surface area contributed by atoms with Crippen LogP contribution in [0.3, 0.4) is 0 Å². The third-order valence-electron chi connectivity index (χ3n) is 4.96. The number of aryl methyl sites for hydroxylation is 1. The van der Waals surface area contributed by atoms with Gasteiger partial charge < -0.3 is 10.0 Å². The third-order valence-corrected chi connectivity index (χ3v) is 6.71. The predicted octanol–water partition coefficient (Wildman–Crippen LogP) is 1.52. The average molecular weight is 411 g/mol. The van der Waals surface area contributed by atoms with Crippen molar-refractivity contribution in [3.05, 3.63) is 17.0 Å². The number of carbonyl (C=O) groups is 1. The van der Waals surface area contributed by atoms with Gasteiger partial charge in [0.25, 0.3) is 0 Å². The maximum absolute atomic E-state index is 12.8. The van der Waals surface area contributed by atoms with Crippen LogP contribution in [0.5, 0.6) is 0 Å². The summed E-state index contributed by atoms with van der Waals surface area (Å²) in [4.78, 5) is 13.2. The van der Waals surface area contributed by atoms with Crippen molar-refractivity contribution in [2.45, 2.75) is 58.0 Å². The lowest BCUT2D eigenvalue weighted by atomic mass is 10.0. The Morgan fingerprint density at radius 1 is 1.37 bits per heavy atom. The maximum atomic E-state index is 12.8. The van der Waals surface area contributed by atoms with Crippen LogP contribution < -0.4 is 0 Å². The molecule has 1 aliphatic rings. The van der Waals surface area contributed by atoms with Crippen LogP contribution in [-0.2, 0) is 21.2 Å². The molecule has 27 heavy (non-hydrogen) atoms. The molecule has 1 aromatic heterocycles. The normalized spacial score (nSPS) is 21.9. The molecule has 0 bridgehead atoms. The van der Waals surface area contributed by atoms with Gasteiger partial charge in [0.15, 0.2) is 15.4 Å². The van der Waals surface area contributed by atoms with Crippen LogP contribution in [0.2, 0.25) is 0 Å². The fourth-order valence-corrected chi connectivity index (χ4v) is 4.80. The zero-order valence-electron chi connectivity index (χ0n) is 15.7. The molecule has 0 aromatic carbocycles. The number of alkyl halides is 3. The van der Waals surface area contributed by atoms with Gasteiger partial charge in [-0.2, -0.15) is 18.3 Å². The van der Waals surface area contributed by atoms with E-state index in [9.17, 15) is 31.5 Å². The van der Waals surface area contributed by atoms with Crippen LogP contribution in [0, 0.1) is 13.8 Å². The van der Waals surface area contributed by atoms with Gasteiger partial charge in [-0.15, -0.1) is 0 Å². The fraction of sp³-hybridized carbons (Fsp3) is 0.750. The molecule has 0 saturated carbocycles. The summed E-state index contributed by atoms with van der Waals surface area (Å²) >= 11 is 0. The molecule has 1 N–H and O–H groups in total. The van der Waals surface area contributed by atoms with Gasteiger partial charge in [0.05, 0.1) is 29.7 Å². The molecule has 1 aromatic rings. The summed E-state index contributed by atoms with van der Waals surface area (Å²) < 4.78 is 63.3. The molecule has 0 unspecified atom stereocenters. The van der Waals surface area contributed by atoms with Crippen molar-refractivity contribution in [3.8, 4) is 0 Å². The molecular weight excluding hydrogens is 387 g/mol. The Balaban J connectivity index is 2.15. The highest BCUT2D eigenvalue weighted by Crippen LogP contribution is 2.33. The summed E-state index contributed by atoms with van der Waals surface area (Å²) in [6, 6.07) is -0.283. The third kappa shape index (κ3) is 4.63. The van der Waals surface area contributed by atoms with Gasteiger partial charge in [0, 0.05) is 24.8 Å². The van der Waals surface area contributed by atoms with Crippen molar-refractivity contribution in [3.63, 3.8) is 0 Å². The molecular formula is C16H24F3N3O4S. The highest BCUT2D eigenvalue weighted by molar-refractivity contribution is 7.91. The number of carbonyl (C=O) groups excluding carboxylic acids is 1. The van der Waals surface area contributed by atoms with Crippen LogP contribution in [-0.4, -0.2) is 64.4 Å². The number of aliphatic hydroxyl groups is 1. The molecule has 11 heteroatoms. The molecule has 2 rings (SSSR count). The molecule has 2 atom stereocenters. The van der Waals surface area contributed by atoms with Crippen LogP contribution in [0.4, 0.5) is 13.2 Å². The van der Waals surface area contributed by atoms with Crippen LogP contribution in [0.25, 0.3) is 0 Å². The minimum absolute atomic E-state index is 0.00236. The van der Waals surface area contributed by atoms with Gasteiger partial charge in [-0.05, 0) is 27.2 Å². The number of amides is 1. The Morgan fingerprint density at radius 3 is 2.44 bits per heavy atom. The molecule has 1 amide bonds. The number of aromatic nitrogens is 2. The van der Waals surface area contributed by atoms with E-state index in [1.54, 1.807) is 18.5 Å². The lowest BCUT2D eigenvalue weighted by molar-refractivity contribution is -0.254. The minimum atomic E-state index is -4.91. The molecule has 1 fully saturated rings. The topological polar surface area (TPSA) is 92.5 Å². The van der Waals surface area contributed by atoms with Gasteiger partial charge in [0.2, 0.25) is 5.91 Å². The number of hydrogen-bond donors (Lipinski definition) is 1. The van der Waals surface area contributed by atoms with E-state index in [1.165, 1.54) is 7.05 Å². The van der Waals surface area contributed by atoms with E-state index in [0.717, 1.165) is 4.90 Å². The fourth-order valence-electron chi connectivity index (χ4n) is 3.10. The van der Waals surface area contributed by atoms with Crippen molar-refractivity contribution in [1.29, 1.82) is 0 Å². The summed E-state index contributed by atoms with van der Waals surface area (Å²) in [5, 5.41) is 13.9. The molecule has 0 spiro atoms. The Labute approximate surface area is 156 Å². The first-order chi connectivity index (χ1) is 12.1. The van der Waals surface area contributed by atoms with Crippen molar-refractivity contribution >= 4 is 15.7 Å². The van der Waals surface area contributed by atoms with E-state index >= 15 is 0 Å². The largest absolute Gasteiger partial charge is 0.417 e. The van der Waals surface area contributed by atoms with Crippen molar-refractivity contribution in [1.82, 2.24) is 14.7 Å². The molecule has 2 heterocycles. The zero-order chi connectivity index (χ0) is 20.8. The number of halogens is 3. The lowest BCUT2D eigenvalue weighted by Crippen LogP contribution is -2.46. The first kappa shape index (κ1) is 21.7. The Kier molecular flexibility index (Phi) is 5.69. The van der Waals surface area contributed by atoms with Crippen molar-refractivity contribution in [2.75, 3.05) is 18.6 Å². The highest BCUT2D eigenvalue weighted by Gasteiger charge is 2.51. The monoisotopic (exact) mass is 411 g/mol. The second kappa shape index (κ2) is 7.08. The van der Waals surface area contributed by atoms with Crippen molar-refractivity contribution in [2.24, 2.45) is 0 Å². The van der Waals surface area contributed by atoms with E-state index in [1.807, 2.05) is 0 Å². The minimum Gasteiger partial charge on any atom is -0.380 e. The Hall–Kier alpha value is -1.62. The van der Waals surface area contributed by atoms with Gasteiger partial charge >= 0.3 is 6.18 Å². The maximum Gasteiger partial charge on any atom is 0.417 e. The summed E-state index contributed by atoms with van der Waals surface area (Å²) in [5.74, 6) is -0.763. The lowest BCUT2D eigenvalue weighted by Gasteiger charge is -2.28. The van der Waals surface area contributed by atoms with Gasteiger partial charge in [-0.25, -0.2) is 8.42 Å². The SMILES string of the molecule is Cc1nn([C@H]2CCS(=O)(=O)C2)c(C)c1CN(C)C(=O)C[C@@](C)(O)C(F)(F)F. The number of sulfone groups is 1. The molecule has 154 valence electrons. The second-order valence-electron chi connectivity index (χ2n) is 7.35. The summed E-state index contributed by atoms with van der Waals surface area (Å²) in [6.45, 7) is 4.02. The van der Waals surface area contributed by atoms with Gasteiger partial charge in [0.1, 0.15) is 0 Å². The Bertz CT molecular complexity index is 831. The summed E-state index contributed by atoms with van der Waals surface area (Å²) in [7, 11) is -1.74. The molecule has 1 saturated heterocycles. The molecule has 0 aliphatic carbocycles. The first-order valence-corrected chi connectivity index (χ1v) is 10.2. The number of hydrogen-bond acceptors (Lipinski definition) is 5. The smallest absolute Gasteiger partial charge is 0.380 e. The van der Waals surface area contributed by atoms with Crippen LogP contribution >= 0.6 is 0 Å². The van der Waals surface area contributed by atoms with E-state index in [2.05, 4.69) is 5.10 Å².